The third-order valence-corrected chi connectivity index (χ3v) is 11.3. The van der Waals surface area contributed by atoms with Crippen molar-refractivity contribution in [2.45, 2.75) is 45.0 Å². The molecule has 0 aliphatic carbocycles. The number of nitrogens with zero attached hydrogens (tertiary/aromatic N) is 6. The number of benzene rings is 4. The van der Waals surface area contributed by atoms with Crippen molar-refractivity contribution in [1.82, 2.24) is 24.7 Å². The monoisotopic (exact) mass is 862 g/mol. The molecule has 2 aliphatic rings. The third-order valence-electron chi connectivity index (χ3n) is 11.1. The second-order valence-corrected chi connectivity index (χ2v) is 15.5. The average Bonchev–Trinajstić information content (AvgIpc) is 3.67. The average molecular weight is 863 g/mol. The molecule has 2 saturated heterocycles. The number of anilines is 4. The predicted octanol–water partition coefficient (Wildman–Crippen LogP) is 9.97. The van der Waals surface area contributed by atoms with Gasteiger partial charge in [-0.25, -0.2) is 15.0 Å². The van der Waals surface area contributed by atoms with Gasteiger partial charge in [0.15, 0.2) is 0 Å². The van der Waals surface area contributed by atoms with Crippen LogP contribution in [0.2, 0.25) is 5.02 Å². The maximum Gasteiger partial charge on any atom is 0.573 e. The maximum atomic E-state index is 13.0. The standard InChI is InChI=1S/C29H28ClF3N4O2.C18H18N4O/c1-2-25-27(37-18-22(30)7-12-26(37)35-25)28(38)34-17-19-3-8-23(9-4-19)36-15-13-21(14-16-36)20-5-10-24(11-6-20)39-29(31,32)33;1-2-4-17-16(3-1)18(20-13-19-17)21-14-5-7-15(8-6-14)22-9-11-23-12-10-22/h3-12,18,21H,2,13-17H2,1H3,(H,34,38);1-8,13H,9-12H2,(H,19,20,21). The lowest BCUT2D eigenvalue weighted by molar-refractivity contribution is -0.274. The molecule has 2 N–H and O–H groups in total. The summed E-state index contributed by atoms with van der Waals surface area (Å²) in [4.78, 5) is 30.9. The Morgan fingerprint density at radius 3 is 2.21 bits per heavy atom. The molecule has 7 aromatic rings. The number of pyridine rings is 1. The molecule has 2 fully saturated rings. The second kappa shape index (κ2) is 19.1. The quantitative estimate of drug-likeness (QED) is 0.139. The number of aryl methyl sites for hydroxylation is 1. The highest BCUT2D eigenvalue weighted by Crippen LogP contribution is 2.33. The summed E-state index contributed by atoms with van der Waals surface area (Å²) in [5.74, 6) is 0.715. The number of imidazole rings is 1. The largest absolute Gasteiger partial charge is 0.573 e. The lowest BCUT2D eigenvalue weighted by Gasteiger charge is -2.34. The first-order valence-electron chi connectivity index (χ1n) is 20.6. The number of rotatable bonds is 10. The van der Waals surface area contributed by atoms with E-state index >= 15 is 0 Å². The van der Waals surface area contributed by atoms with E-state index in [-0.39, 0.29) is 17.6 Å². The fraction of sp³-hybridized carbons (Fsp3) is 0.277. The fourth-order valence-electron chi connectivity index (χ4n) is 7.88. The molecule has 62 heavy (non-hydrogen) atoms. The number of aromatic nitrogens is 4. The number of para-hydroxylation sites is 1. The summed E-state index contributed by atoms with van der Waals surface area (Å²) in [6.07, 6.45) is 1.04. The lowest BCUT2D eigenvalue weighted by Crippen LogP contribution is -2.36. The van der Waals surface area contributed by atoms with Gasteiger partial charge in [-0.05, 0) is 109 Å². The van der Waals surface area contributed by atoms with Crippen molar-refractivity contribution in [1.29, 1.82) is 0 Å². The Kier molecular flexibility index (Phi) is 13.1. The zero-order valence-electron chi connectivity index (χ0n) is 34.1. The van der Waals surface area contributed by atoms with Crippen molar-refractivity contribution in [2.24, 2.45) is 0 Å². The molecule has 2 aliphatic heterocycles. The number of nitrogens with one attached hydrogen (secondary N) is 2. The van der Waals surface area contributed by atoms with Crippen molar-refractivity contribution in [3.8, 4) is 5.75 Å². The molecule has 5 heterocycles. The minimum atomic E-state index is -4.68. The summed E-state index contributed by atoms with van der Waals surface area (Å²) in [6.45, 7) is 7.53. The Morgan fingerprint density at radius 1 is 0.839 bits per heavy atom. The number of carbonyl (C=O) groups is 1. The number of piperidine rings is 1. The number of halogens is 4. The van der Waals surface area contributed by atoms with Crippen LogP contribution in [0.25, 0.3) is 16.6 Å². The predicted molar refractivity (Wildman–Crippen MR) is 237 cm³/mol. The SMILES string of the molecule is CCc1nc2ccc(Cl)cn2c1C(=O)NCc1ccc(N2CCC(c3ccc(OC(F)(F)F)cc3)CC2)cc1.c1ccc2c(Nc3ccc(N4CCOCC4)cc3)ncnc2c1. The number of ether oxygens (including phenoxy) is 2. The van der Waals surface area contributed by atoms with Gasteiger partial charge < -0.3 is 29.9 Å². The van der Waals surface area contributed by atoms with Gasteiger partial charge in [0.1, 0.15) is 29.2 Å². The highest BCUT2D eigenvalue weighted by atomic mass is 35.5. The van der Waals surface area contributed by atoms with Gasteiger partial charge in [-0.2, -0.15) is 0 Å². The maximum absolute atomic E-state index is 13.0. The van der Waals surface area contributed by atoms with Crippen LogP contribution in [-0.4, -0.2) is 71.0 Å². The van der Waals surface area contributed by atoms with Crippen LogP contribution in [0.5, 0.6) is 5.75 Å². The van der Waals surface area contributed by atoms with Crippen molar-refractivity contribution >= 4 is 56.9 Å². The van der Waals surface area contributed by atoms with Crippen molar-refractivity contribution in [2.75, 3.05) is 54.5 Å². The van der Waals surface area contributed by atoms with E-state index in [0.717, 1.165) is 97.2 Å². The minimum Gasteiger partial charge on any atom is -0.406 e. The smallest absolute Gasteiger partial charge is 0.406 e. The molecule has 0 spiro atoms. The summed E-state index contributed by atoms with van der Waals surface area (Å²) >= 11 is 6.14. The van der Waals surface area contributed by atoms with Crippen LogP contribution in [0.4, 0.5) is 36.1 Å². The van der Waals surface area contributed by atoms with Gasteiger partial charge in [0.25, 0.3) is 5.91 Å². The zero-order chi connectivity index (χ0) is 43.1. The molecular formula is C47H46ClF3N8O3. The Balaban J connectivity index is 0.000000194. The topological polar surface area (TPSA) is 109 Å². The number of amides is 1. The highest BCUT2D eigenvalue weighted by Gasteiger charge is 2.31. The fourth-order valence-corrected chi connectivity index (χ4v) is 8.04. The van der Waals surface area contributed by atoms with E-state index in [4.69, 9.17) is 16.3 Å². The molecule has 320 valence electrons. The first kappa shape index (κ1) is 42.3. The zero-order valence-corrected chi connectivity index (χ0v) is 34.9. The molecular weight excluding hydrogens is 817 g/mol. The Bertz CT molecular complexity index is 2590. The summed E-state index contributed by atoms with van der Waals surface area (Å²) in [7, 11) is 0. The van der Waals surface area contributed by atoms with Gasteiger partial charge in [0.2, 0.25) is 0 Å². The van der Waals surface area contributed by atoms with Gasteiger partial charge in [0, 0.05) is 61.4 Å². The number of hydrogen-bond donors (Lipinski definition) is 2. The Labute approximate surface area is 362 Å². The van der Waals surface area contributed by atoms with Crippen LogP contribution in [-0.2, 0) is 17.7 Å². The Hall–Kier alpha value is -6.38. The molecule has 3 aromatic heterocycles. The van der Waals surface area contributed by atoms with Crippen LogP contribution >= 0.6 is 11.6 Å². The normalized spacial score (nSPS) is 14.7. The third kappa shape index (κ3) is 10.4. The number of carbonyl (C=O) groups excluding carboxylic acids is 1. The first-order valence-corrected chi connectivity index (χ1v) is 21.0. The molecule has 15 heteroatoms. The lowest BCUT2D eigenvalue weighted by atomic mass is 9.89. The summed E-state index contributed by atoms with van der Waals surface area (Å²) in [5, 5.41) is 7.93. The Morgan fingerprint density at radius 2 is 1.52 bits per heavy atom. The number of hydrogen-bond acceptors (Lipinski definition) is 9. The second-order valence-electron chi connectivity index (χ2n) is 15.1. The van der Waals surface area contributed by atoms with Gasteiger partial charge >= 0.3 is 6.36 Å². The molecule has 4 aromatic carbocycles. The van der Waals surface area contributed by atoms with Crippen LogP contribution in [0.3, 0.4) is 0 Å². The van der Waals surface area contributed by atoms with E-state index in [1.807, 2.05) is 43.3 Å². The molecule has 11 nitrogen and oxygen atoms in total. The molecule has 0 bridgehead atoms. The molecule has 0 radical (unpaired) electrons. The number of alkyl halides is 3. The van der Waals surface area contributed by atoms with Crippen molar-refractivity contribution in [3.63, 3.8) is 0 Å². The van der Waals surface area contributed by atoms with Crippen LogP contribution in [0, 0.1) is 0 Å². The summed E-state index contributed by atoms with van der Waals surface area (Å²) in [5.41, 5.74) is 8.19. The van der Waals surface area contributed by atoms with Crippen molar-refractivity contribution < 1.29 is 27.4 Å². The first-order chi connectivity index (χ1) is 30.1. The molecule has 0 atom stereocenters. The van der Waals surface area contributed by atoms with Gasteiger partial charge in [-0.1, -0.05) is 54.9 Å². The van der Waals surface area contributed by atoms with Crippen molar-refractivity contribution in [3.05, 3.63) is 149 Å². The summed E-state index contributed by atoms with van der Waals surface area (Å²) in [6, 6.07) is 34.3. The van der Waals surface area contributed by atoms with Gasteiger partial charge in [-0.15, -0.1) is 13.2 Å². The van der Waals surface area contributed by atoms with E-state index in [2.05, 4.69) is 76.5 Å². The van der Waals surface area contributed by atoms with Crippen LogP contribution in [0.15, 0.2) is 122 Å². The van der Waals surface area contributed by atoms with Crippen LogP contribution < -0.4 is 25.2 Å². The van der Waals surface area contributed by atoms with E-state index in [9.17, 15) is 18.0 Å². The molecule has 0 unspecified atom stereocenters. The summed E-state index contributed by atoms with van der Waals surface area (Å²) < 4.78 is 48.3. The highest BCUT2D eigenvalue weighted by molar-refractivity contribution is 6.30. The van der Waals surface area contributed by atoms with Gasteiger partial charge in [-0.3, -0.25) is 9.20 Å². The van der Waals surface area contributed by atoms with E-state index in [1.54, 1.807) is 41.2 Å². The molecule has 1 amide bonds. The number of morpholine rings is 1. The minimum absolute atomic E-state index is 0.200. The van der Waals surface area contributed by atoms with E-state index < -0.39 is 6.36 Å². The molecule has 9 rings (SSSR count). The van der Waals surface area contributed by atoms with E-state index in [1.165, 1.54) is 17.8 Å². The van der Waals surface area contributed by atoms with Crippen LogP contribution in [0.1, 0.15) is 53.0 Å². The van der Waals surface area contributed by atoms with Gasteiger partial charge in [0.05, 0.1) is 29.4 Å². The van der Waals surface area contributed by atoms with E-state index in [0.29, 0.717) is 29.3 Å². The number of fused-ring (bicyclic) bond motifs is 2. The molecule has 0 saturated carbocycles.